The van der Waals surface area contributed by atoms with Gasteiger partial charge in [0.05, 0.1) is 0 Å². The summed E-state index contributed by atoms with van der Waals surface area (Å²) < 4.78 is 0. The van der Waals surface area contributed by atoms with Crippen LogP contribution in [0.25, 0.3) is 11.1 Å². The van der Waals surface area contributed by atoms with Gasteiger partial charge in [0.1, 0.15) is 0 Å². The number of hydrogen-bond donors (Lipinski definition) is 0. The van der Waals surface area contributed by atoms with Crippen LogP contribution in [0.1, 0.15) is 59.5 Å². The molecule has 3 aromatic rings. The fraction of sp³-hybridized carbons (Fsp3) is 0.296. The normalized spacial score (nSPS) is 16.6. The van der Waals surface area contributed by atoms with Crippen LogP contribution >= 0.6 is 0 Å². The van der Waals surface area contributed by atoms with Gasteiger partial charge in [-0.25, -0.2) is 0 Å². The van der Waals surface area contributed by atoms with E-state index in [4.69, 9.17) is 0 Å². The van der Waals surface area contributed by atoms with Crippen molar-refractivity contribution in [1.29, 1.82) is 0 Å². The van der Waals surface area contributed by atoms with Crippen LogP contribution in [0.5, 0.6) is 0 Å². The largest absolute Gasteiger partial charge is 0.308 e. The smallest absolute Gasteiger partial charge is 0.258 e. The molecule has 0 aromatic heterocycles. The lowest BCUT2D eigenvalue weighted by atomic mass is 9.83. The average molecular weight is 382 g/mol. The Hall–Kier alpha value is -2.87. The summed E-state index contributed by atoms with van der Waals surface area (Å²) >= 11 is 0. The lowest BCUT2D eigenvalue weighted by Crippen LogP contribution is -2.28. The molecule has 3 aromatic carbocycles. The average Bonchev–Trinajstić information content (AvgIpc) is 3.23. The Labute approximate surface area is 173 Å². The van der Waals surface area contributed by atoms with Crippen LogP contribution in [0.2, 0.25) is 0 Å². The summed E-state index contributed by atoms with van der Waals surface area (Å²) in [6.07, 6.45) is 7.73. The van der Waals surface area contributed by atoms with Crippen LogP contribution < -0.4 is 4.90 Å². The number of carbonyl (C=O) groups is 1. The molecule has 0 saturated heterocycles. The van der Waals surface area contributed by atoms with Crippen molar-refractivity contribution in [2.45, 2.75) is 44.4 Å². The maximum Gasteiger partial charge on any atom is 0.258 e. The van der Waals surface area contributed by atoms with E-state index in [1.54, 1.807) is 0 Å². The standard InChI is InChI=1S/C27H27NO/c29-27(23-9-5-2-6-10-23)28-18-17-25-19-24(15-16-26(25)28)22-13-11-21(12-14-22)20-7-3-1-4-8-20/h2,5-6,9-16,19-20H,1,3-4,7-8,17-18H2. The minimum absolute atomic E-state index is 0.0916. The van der Waals surface area contributed by atoms with E-state index in [2.05, 4.69) is 42.5 Å². The van der Waals surface area contributed by atoms with Gasteiger partial charge in [-0.3, -0.25) is 4.79 Å². The van der Waals surface area contributed by atoms with Crippen LogP contribution in [0.3, 0.4) is 0 Å². The SMILES string of the molecule is O=C(c1ccccc1)N1CCc2cc(-c3ccc(C4CCCCC4)cc3)ccc21. The van der Waals surface area contributed by atoms with Crippen molar-refractivity contribution < 1.29 is 4.79 Å². The molecular formula is C27H27NO. The van der Waals surface area contributed by atoms with Crippen molar-refractivity contribution in [3.05, 3.63) is 89.5 Å². The van der Waals surface area contributed by atoms with Crippen LogP contribution in [-0.4, -0.2) is 12.5 Å². The minimum atomic E-state index is 0.0916. The van der Waals surface area contributed by atoms with Gasteiger partial charge < -0.3 is 4.90 Å². The van der Waals surface area contributed by atoms with Crippen molar-refractivity contribution in [2.75, 3.05) is 11.4 Å². The third kappa shape index (κ3) is 3.60. The lowest BCUT2D eigenvalue weighted by Gasteiger charge is -2.22. The molecule has 0 unspecified atom stereocenters. The monoisotopic (exact) mass is 381 g/mol. The second-order valence-corrected chi connectivity index (χ2v) is 8.37. The number of rotatable bonds is 3. The van der Waals surface area contributed by atoms with Crippen molar-refractivity contribution in [2.24, 2.45) is 0 Å². The highest BCUT2D eigenvalue weighted by molar-refractivity contribution is 6.07. The number of nitrogens with zero attached hydrogens (tertiary/aromatic N) is 1. The molecule has 1 fully saturated rings. The summed E-state index contributed by atoms with van der Waals surface area (Å²) in [4.78, 5) is 14.8. The molecule has 2 heteroatoms. The second kappa shape index (κ2) is 7.87. The summed E-state index contributed by atoms with van der Waals surface area (Å²) in [7, 11) is 0. The maximum atomic E-state index is 12.9. The van der Waals surface area contributed by atoms with E-state index in [0.29, 0.717) is 0 Å². The molecule has 5 rings (SSSR count). The minimum Gasteiger partial charge on any atom is -0.308 e. The van der Waals surface area contributed by atoms with Crippen LogP contribution in [-0.2, 0) is 6.42 Å². The molecule has 29 heavy (non-hydrogen) atoms. The molecule has 1 saturated carbocycles. The molecule has 1 aliphatic heterocycles. The molecule has 1 amide bonds. The van der Waals surface area contributed by atoms with Crippen molar-refractivity contribution >= 4 is 11.6 Å². The van der Waals surface area contributed by atoms with Crippen molar-refractivity contribution in [3.8, 4) is 11.1 Å². The number of hydrogen-bond acceptors (Lipinski definition) is 1. The van der Waals surface area contributed by atoms with Gasteiger partial charge in [-0.2, -0.15) is 0 Å². The fourth-order valence-electron chi connectivity index (χ4n) is 4.91. The van der Waals surface area contributed by atoms with E-state index >= 15 is 0 Å². The Morgan fingerprint density at radius 2 is 1.52 bits per heavy atom. The Kier molecular flexibility index (Phi) is 4.93. The highest BCUT2D eigenvalue weighted by Crippen LogP contribution is 2.36. The predicted octanol–water partition coefficient (Wildman–Crippen LogP) is 6.60. The zero-order valence-electron chi connectivity index (χ0n) is 16.8. The van der Waals surface area contributed by atoms with E-state index in [1.807, 2.05) is 35.2 Å². The van der Waals surface area contributed by atoms with Crippen molar-refractivity contribution in [3.63, 3.8) is 0 Å². The molecular weight excluding hydrogens is 354 g/mol. The summed E-state index contributed by atoms with van der Waals surface area (Å²) in [5.74, 6) is 0.837. The van der Waals surface area contributed by atoms with E-state index in [9.17, 15) is 4.79 Å². The van der Waals surface area contributed by atoms with Crippen LogP contribution in [0.15, 0.2) is 72.8 Å². The molecule has 1 aliphatic carbocycles. The first-order valence-corrected chi connectivity index (χ1v) is 10.9. The number of benzene rings is 3. The van der Waals surface area contributed by atoms with E-state index in [0.717, 1.165) is 30.1 Å². The second-order valence-electron chi connectivity index (χ2n) is 8.37. The van der Waals surface area contributed by atoms with Gasteiger partial charge >= 0.3 is 0 Å². The Morgan fingerprint density at radius 1 is 0.793 bits per heavy atom. The summed E-state index contributed by atoms with van der Waals surface area (Å²) in [5, 5.41) is 0. The van der Waals surface area contributed by atoms with Gasteiger partial charge in [-0.1, -0.05) is 67.8 Å². The van der Waals surface area contributed by atoms with Gasteiger partial charge in [0.25, 0.3) is 5.91 Å². The lowest BCUT2D eigenvalue weighted by molar-refractivity contribution is 0.0989. The van der Waals surface area contributed by atoms with E-state index < -0.39 is 0 Å². The molecule has 0 bridgehead atoms. The zero-order valence-corrected chi connectivity index (χ0v) is 16.8. The molecule has 0 atom stereocenters. The van der Waals surface area contributed by atoms with Crippen molar-refractivity contribution in [1.82, 2.24) is 0 Å². The van der Waals surface area contributed by atoms with Gasteiger partial charge in [0.15, 0.2) is 0 Å². The summed E-state index contributed by atoms with van der Waals surface area (Å²) in [6.45, 7) is 0.757. The van der Waals surface area contributed by atoms with Crippen LogP contribution in [0, 0.1) is 0 Å². The van der Waals surface area contributed by atoms with E-state index in [-0.39, 0.29) is 5.91 Å². The first kappa shape index (κ1) is 18.2. The molecule has 0 radical (unpaired) electrons. The fourth-order valence-corrected chi connectivity index (χ4v) is 4.91. The Morgan fingerprint density at radius 3 is 2.28 bits per heavy atom. The van der Waals surface area contributed by atoms with Gasteiger partial charge in [0, 0.05) is 17.8 Å². The van der Waals surface area contributed by atoms with Gasteiger partial charge in [-0.05, 0) is 71.7 Å². The highest BCUT2D eigenvalue weighted by Gasteiger charge is 2.25. The number of anilines is 1. The van der Waals surface area contributed by atoms with Gasteiger partial charge in [0.2, 0.25) is 0 Å². The quantitative estimate of drug-likeness (QED) is 0.500. The predicted molar refractivity (Wildman–Crippen MR) is 120 cm³/mol. The Bertz CT molecular complexity index is 1000. The molecule has 0 spiro atoms. The first-order chi connectivity index (χ1) is 14.3. The highest BCUT2D eigenvalue weighted by atomic mass is 16.2. The first-order valence-electron chi connectivity index (χ1n) is 10.9. The molecule has 0 N–H and O–H groups in total. The zero-order chi connectivity index (χ0) is 19.6. The topological polar surface area (TPSA) is 20.3 Å². The molecule has 2 nitrogen and oxygen atoms in total. The number of fused-ring (bicyclic) bond motifs is 1. The van der Waals surface area contributed by atoms with Crippen LogP contribution in [0.4, 0.5) is 5.69 Å². The molecule has 2 aliphatic rings. The molecule has 1 heterocycles. The summed E-state index contributed by atoms with van der Waals surface area (Å²) in [5.41, 5.74) is 7.08. The maximum absolute atomic E-state index is 12.9. The number of carbonyl (C=O) groups excluding carboxylic acids is 1. The summed E-state index contributed by atoms with van der Waals surface area (Å²) in [6, 6.07) is 25.3. The molecule has 146 valence electrons. The third-order valence-corrected chi connectivity index (χ3v) is 6.56. The van der Waals surface area contributed by atoms with E-state index in [1.165, 1.54) is 54.4 Å². The Balaban J connectivity index is 1.37. The third-order valence-electron chi connectivity index (χ3n) is 6.56. The van der Waals surface area contributed by atoms with Gasteiger partial charge in [-0.15, -0.1) is 0 Å². The number of amides is 1.